The van der Waals surface area contributed by atoms with Gasteiger partial charge < -0.3 is 4.74 Å². The molecule has 0 amide bonds. The van der Waals surface area contributed by atoms with Crippen molar-refractivity contribution in [1.82, 2.24) is 0 Å². The molecule has 1 atom stereocenters. The molecule has 1 unspecified atom stereocenters. The third-order valence-electron chi connectivity index (χ3n) is 4.67. The molecule has 0 aliphatic heterocycles. The van der Waals surface area contributed by atoms with Gasteiger partial charge in [0, 0.05) is 25.9 Å². The summed E-state index contributed by atoms with van der Waals surface area (Å²) in [5.74, 6) is 0.775. The van der Waals surface area contributed by atoms with E-state index in [1.54, 1.807) is 7.11 Å². The molecule has 0 aliphatic carbocycles. The van der Waals surface area contributed by atoms with E-state index in [4.69, 9.17) is 4.74 Å². The van der Waals surface area contributed by atoms with Gasteiger partial charge in [-0.15, -0.1) is 0 Å². The predicted molar refractivity (Wildman–Crippen MR) is 114 cm³/mol. The number of methoxy groups -OCH3 is 1. The van der Waals surface area contributed by atoms with Crippen molar-refractivity contribution in [3.05, 3.63) is 72.3 Å². The summed E-state index contributed by atoms with van der Waals surface area (Å²) < 4.78 is 18.2. The standard InChI is InChI=1S/C22H17BrO2S/c1-14-7-10-18-16(13-14)8-11-19(25-2)21(18)22-17-6-4-3-5-15(17)9-12-20(22)26(23)24/h3-13H,1-2H3. The zero-order valence-electron chi connectivity index (χ0n) is 14.5. The van der Waals surface area contributed by atoms with Crippen molar-refractivity contribution in [1.29, 1.82) is 0 Å². The number of rotatable bonds is 3. The second-order valence-corrected chi connectivity index (χ2v) is 8.90. The van der Waals surface area contributed by atoms with E-state index in [0.29, 0.717) is 0 Å². The van der Waals surface area contributed by atoms with Crippen LogP contribution in [0, 0.1) is 6.92 Å². The number of benzene rings is 4. The summed E-state index contributed by atoms with van der Waals surface area (Å²) in [6, 6.07) is 22.5. The van der Waals surface area contributed by atoms with Crippen LogP contribution in [-0.4, -0.2) is 11.3 Å². The molecule has 0 aliphatic rings. The Kier molecular flexibility index (Phi) is 4.55. The maximum atomic E-state index is 12.5. The van der Waals surface area contributed by atoms with Gasteiger partial charge in [0.05, 0.1) is 12.0 Å². The minimum absolute atomic E-state index is 0.745. The van der Waals surface area contributed by atoms with Gasteiger partial charge in [-0.25, -0.2) is 4.21 Å². The van der Waals surface area contributed by atoms with Crippen LogP contribution in [0.1, 0.15) is 5.56 Å². The van der Waals surface area contributed by atoms with Crippen LogP contribution in [0.2, 0.25) is 0 Å². The molecule has 2 nitrogen and oxygen atoms in total. The summed E-state index contributed by atoms with van der Waals surface area (Å²) >= 11 is 3.27. The van der Waals surface area contributed by atoms with Gasteiger partial charge in [-0.1, -0.05) is 60.2 Å². The van der Waals surface area contributed by atoms with E-state index >= 15 is 0 Å². The van der Waals surface area contributed by atoms with Gasteiger partial charge in [-0.05, 0) is 40.6 Å². The third kappa shape index (κ3) is 2.83. The predicted octanol–water partition coefficient (Wildman–Crippen LogP) is 6.39. The summed E-state index contributed by atoms with van der Waals surface area (Å²) in [4.78, 5) is 0.745. The number of fused-ring (bicyclic) bond motifs is 2. The van der Waals surface area contributed by atoms with Crippen molar-refractivity contribution in [2.45, 2.75) is 11.8 Å². The Labute approximate surface area is 162 Å². The van der Waals surface area contributed by atoms with Crippen molar-refractivity contribution in [2.24, 2.45) is 0 Å². The van der Waals surface area contributed by atoms with Crippen LogP contribution in [0.5, 0.6) is 5.75 Å². The first-order valence-electron chi connectivity index (χ1n) is 8.27. The summed E-state index contributed by atoms with van der Waals surface area (Å²) in [5.41, 5.74) is 3.13. The number of ether oxygens (including phenoxy) is 1. The molecule has 4 aromatic carbocycles. The van der Waals surface area contributed by atoms with Crippen LogP contribution in [-0.2, 0) is 9.23 Å². The maximum absolute atomic E-state index is 12.5. The molecule has 0 saturated heterocycles. The van der Waals surface area contributed by atoms with Crippen molar-refractivity contribution in [3.8, 4) is 16.9 Å². The minimum Gasteiger partial charge on any atom is -0.496 e. The zero-order chi connectivity index (χ0) is 18.3. The van der Waals surface area contributed by atoms with Crippen LogP contribution in [0.15, 0.2) is 71.6 Å². The van der Waals surface area contributed by atoms with Gasteiger partial charge in [0.25, 0.3) is 0 Å². The molecule has 0 fully saturated rings. The van der Waals surface area contributed by atoms with Gasteiger partial charge in [0.1, 0.15) is 15.0 Å². The number of hydrogen-bond donors (Lipinski definition) is 0. The van der Waals surface area contributed by atoms with E-state index in [2.05, 4.69) is 58.1 Å². The SMILES string of the molecule is COc1ccc2cc(C)ccc2c1-c1c(S(=O)Br)ccc2ccccc12. The van der Waals surface area contributed by atoms with Crippen molar-refractivity contribution >= 4 is 45.6 Å². The average molecular weight is 425 g/mol. The van der Waals surface area contributed by atoms with Crippen molar-refractivity contribution in [2.75, 3.05) is 7.11 Å². The highest BCUT2D eigenvalue weighted by Gasteiger charge is 2.19. The van der Waals surface area contributed by atoms with E-state index in [-0.39, 0.29) is 0 Å². The molecule has 4 rings (SSSR count). The summed E-state index contributed by atoms with van der Waals surface area (Å²) in [6.45, 7) is 2.08. The van der Waals surface area contributed by atoms with Crippen LogP contribution in [0.3, 0.4) is 0 Å². The maximum Gasteiger partial charge on any atom is 0.127 e. The van der Waals surface area contributed by atoms with Crippen LogP contribution < -0.4 is 4.74 Å². The fraction of sp³-hybridized carbons (Fsp3) is 0.0909. The van der Waals surface area contributed by atoms with Gasteiger partial charge in [-0.2, -0.15) is 0 Å². The highest BCUT2D eigenvalue weighted by atomic mass is 79.9. The summed E-state index contributed by atoms with van der Waals surface area (Å²) in [5, 5.41) is 4.39. The second-order valence-electron chi connectivity index (χ2n) is 6.25. The third-order valence-corrected chi connectivity index (χ3v) is 6.40. The molecule has 0 aromatic heterocycles. The highest BCUT2D eigenvalue weighted by Crippen LogP contribution is 2.44. The quantitative estimate of drug-likeness (QED) is 0.356. The Morgan fingerprint density at radius 3 is 2.35 bits per heavy atom. The molecule has 0 spiro atoms. The Morgan fingerprint density at radius 2 is 1.58 bits per heavy atom. The lowest BCUT2D eigenvalue weighted by Crippen LogP contribution is -1.95. The lowest BCUT2D eigenvalue weighted by atomic mass is 9.92. The fourth-order valence-electron chi connectivity index (χ4n) is 3.50. The monoisotopic (exact) mass is 424 g/mol. The van der Waals surface area contributed by atoms with E-state index in [0.717, 1.165) is 43.3 Å². The first-order valence-corrected chi connectivity index (χ1v) is 11.3. The first kappa shape index (κ1) is 17.3. The molecule has 4 aromatic rings. The zero-order valence-corrected chi connectivity index (χ0v) is 16.9. The molecule has 26 heavy (non-hydrogen) atoms. The Hall–Kier alpha value is -2.17. The number of halogens is 1. The summed E-state index contributed by atoms with van der Waals surface area (Å²) in [6.07, 6.45) is 0. The molecular weight excluding hydrogens is 408 g/mol. The fourth-order valence-corrected chi connectivity index (χ4v) is 4.86. The Morgan fingerprint density at radius 1 is 0.846 bits per heavy atom. The van der Waals surface area contributed by atoms with E-state index < -0.39 is 9.23 Å². The highest BCUT2D eigenvalue weighted by molar-refractivity contribution is 9.46. The van der Waals surface area contributed by atoms with Gasteiger partial charge in [0.2, 0.25) is 0 Å². The van der Waals surface area contributed by atoms with Crippen LogP contribution >= 0.6 is 14.8 Å². The average Bonchev–Trinajstić information content (AvgIpc) is 2.66. The normalized spacial score (nSPS) is 12.4. The Balaban J connectivity index is 2.23. The van der Waals surface area contributed by atoms with Crippen LogP contribution in [0.25, 0.3) is 32.7 Å². The van der Waals surface area contributed by atoms with Crippen molar-refractivity contribution < 1.29 is 8.95 Å². The minimum atomic E-state index is -1.30. The largest absolute Gasteiger partial charge is 0.496 e. The van der Waals surface area contributed by atoms with Gasteiger partial charge >= 0.3 is 0 Å². The number of aryl methyl sites for hydroxylation is 1. The number of hydrogen-bond acceptors (Lipinski definition) is 2. The van der Waals surface area contributed by atoms with Crippen molar-refractivity contribution in [3.63, 3.8) is 0 Å². The lowest BCUT2D eigenvalue weighted by Gasteiger charge is -2.17. The van der Waals surface area contributed by atoms with Crippen LogP contribution in [0.4, 0.5) is 0 Å². The van der Waals surface area contributed by atoms with E-state index in [9.17, 15) is 4.21 Å². The van der Waals surface area contributed by atoms with E-state index in [1.165, 1.54) is 5.56 Å². The summed E-state index contributed by atoms with van der Waals surface area (Å²) in [7, 11) is 0.378. The lowest BCUT2D eigenvalue weighted by molar-refractivity contribution is 0.417. The Bertz CT molecular complexity index is 1170. The topological polar surface area (TPSA) is 26.3 Å². The smallest absolute Gasteiger partial charge is 0.127 e. The first-order chi connectivity index (χ1) is 12.6. The molecule has 0 saturated carbocycles. The molecule has 0 bridgehead atoms. The van der Waals surface area contributed by atoms with Gasteiger partial charge in [-0.3, -0.25) is 0 Å². The molecule has 0 N–H and O–H groups in total. The van der Waals surface area contributed by atoms with Gasteiger partial charge in [0.15, 0.2) is 0 Å². The molecule has 130 valence electrons. The molecular formula is C22H17BrO2S. The second kappa shape index (κ2) is 6.86. The molecule has 4 heteroatoms. The van der Waals surface area contributed by atoms with E-state index in [1.807, 2.05) is 30.3 Å². The molecule has 0 heterocycles. The molecule has 0 radical (unpaired) electrons.